The Labute approximate surface area is 142 Å². The maximum Gasteiger partial charge on any atom is 0.0734 e. The number of fused-ring (bicyclic) bond motifs is 4. The number of benzene rings is 2. The largest absolute Gasteiger partial charge is 0.374 e. The van der Waals surface area contributed by atoms with Crippen LogP contribution >= 0.6 is 0 Å². The van der Waals surface area contributed by atoms with E-state index in [0.29, 0.717) is 0 Å². The van der Waals surface area contributed by atoms with Gasteiger partial charge in [0.05, 0.1) is 6.04 Å². The molecule has 0 amide bonds. The molecule has 0 bridgehead atoms. The molecule has 2 nitrogen and oxygen atoms in total. The van der Waals surface area contributed by atoms with Crippen LogP contribution in [0.15, 0.2) is 66.5 Å². The third-order valence-corrected chi connectivity index (χ3v) is 5.43. The van der Waals surface area contributed by atoms with Crippen LogP contribution in [0.5, 0.6) is 0 Å². The molecule has 0 fully saturated rings. The molecule has 2 aromatic carbocycles. The molecule has 118 valence electrons. The van der Waals surface area contributed by atoms with E-state index in [1.807, 2.05) is 12.4 Å². The smallest absolute Gasteiger partial charge is 0.0734 e. The highest BCUT2D eigenvalue weighted by molar-refractivity contribution is 6.01. The lowest BCUT2D eigenvalue weighted by atomic mass is 9.77. The van der Waals surface area contributed by atoms with Crippen LogP contribution in [-0.2, 0) is 0 Å². The van der Waals surface area contributed by atoms with Gasteiger partial charge in [0.1, 0.15) is 0 Å². The zero-order valence-electron chi connectivity index (χ0n) is 13.6. The third-order valence-electron chi connectivity index (χ3n) is 5.43. The van der Waals surface area contributed by atoms with Crippen molar-refractivity contribution < 1.29 is 0 Å². The molecular formula is C22H20N2. The van der Waals surface area contributed by atoms with Crippen molar-refractivity contribution in [2.75, 3.05) is 5.32 Å². The zero-order valence-corrected chi connectivity index (χ0v) is 13.6. The fourth-order valence-electron chi connectivity index (χ4n) is 4.33. The first-order valence-corrected chi connectivity index (χ1v) is 8.82. The quantitative estimate of drug-likeness (QED) is 0.620. The number of allylic oxidation sites excluding steroid dienone is 1. The van der Waals surface area contributed by atoms with Gasteiger partial charge in [-0.3, -0.25) is 4.98 Å². The first-order chi connectivity index (χ1) is 11.9. The molecule has 0 spiro atoms. The lowest BCUT2D eigenvalue weighted by molar-refractivity contribution is 0.668. The SMILES string of the molecule is c1ccc2c3c(ccc2c1)NC(c1ccncc1)C1=C3CCCC1. The summed E-state index contributed by atoms with van der Waals surface area (Å²) in [6.07, 6.45) is 8.77. The van der Waals surface area contributed by atoms with E-state index in [4.69, 9.17) is 0 Å². The average molecular weight is 312 g/mol. The van der Waals surface area contributed by atoms with E-state index in [9.17, 15) is 0 Å². The van der Waals surface area contributed by atoms with Gasteiger partial charge in [-0.1, -0.05) is 30.3 Å². The van der Waals surface area contributed by atoms with Gasteiger partial charge in [0.2, 0.25) is 0 Å². The molecule has 1 N–H and O–H groups in total. The highest BCUT2D eigenvalue weighted by Crippen LogP contribution is 2.48. The van der Waals surface area contributed by atoms with Crippen LogP contribution < -0.4 is 5.32 Å². The van der Waals surface area contributed by atoms with Crippen molar-refractivity contribution in [3.05, 3.63) is 77.6 Å². The number of rotatable bonds is 1. The van der Waals surface area contributed by atoms with Crippen LogP contribution in [0.1, 0.15) is 42.9 Å². The second-order valence-corrected chi connectivity index (χ2v) is 6.78. The predicted molar refractivity (Wildman–Crippen MR) is 99.9 cm³/mol. The van der Waals surface area contributed by atoms with Crippen LogP contribution in [0, 0.1) is 0 Å². The Morgan fingerprint density at radius 3 is 2.62 bits per heavy atom. The molecule has 1 unspecified atom stereocenters. The summed E-state index contributed by atoms with van der Waals surface area (Å²) in [5, 5.41) is 6.53. The minimum atomic E-state index is 0.289. The van der Waals surface area contributed by atoms with E-state index in [0.717, 1.165) is 0 Å². The first kappa shape index (κ1) is 13.8. The van der Waals surface area contributed by atoms with Crippen LogP contribution in [-0.4, -0.2) is 4.98 Å². The van der Waals surface area contributed by atoms with Crippen molar-refractivity contribution >= 4 is 22.0 Å². The molecule has 1 aliphatic heterocycles. The third kappa shape index (κ3) is 2.06. The van der Waals surface area contributed by atoms with E-state index in [2.05, 4.69) is 58.8 Å². The maximum absolute atomic E-state index is 4.19. The number of anilines is 1. The molecule has 0 saturated carbocycles. The summed E-state index contributed by atoms with van der Waals surface area (Å²) in [5.74, 6) is 0. The topological polar surface area (TPSA) is 24.9 Å². The first-order valence-electron chi connectivity index (χ1n) is 8.82. The molecule has 1 aliphatic carbocycles. The highest BCUT2D eigenvalue weighted by atomic mass is 14.9. The maximum atomic E-state index is 4.19. The van der Waals surface area contributed by atoms with Gasteiger partial charge in [0.25, 0.3) is 0 Å². The van der Waals surface area contributed by atoms with E-state index in [-0.39, 0.29) is 6.04 Å². The number of nitrogens with one attached hydrogen (secondary N) is 1. The van der Waals surface area contributed by atoms with Gasteiger partial charge in [-0.05, 0) is 71.4 Å². The normalized spacial score (nSPS) is 19.6. The fraction of sp³-hybridized carbons (Fsp3) is 0.227. The van der Waals surface area contributed by atoms with Crippen molar-refractivity contribution in [1.29, 1.82) is 0 Å². The summed E-state index contributed by atoms with van der Waals surface area (Å²) in [6, 6.07) is 17.8. The second-order valence-electron chi connectivity index (χ2n) is 6.78. The molecule has 1 atom stereocenters. The average Bonchev–Trinajstić information content (AvgIpc) is 2.67. The zero-order chi connectivity index (χ0) is 15.9. The molecule has 0 saturated heterocycles. The lowest BCUT2D eigenvalue weighted by Crippen LogP contribution is -2.22. The minimum absolute atomic E-state index is 0.289. The van der Waals surface area contributed by atoms with E-state index < -0.39 is 0 Å². The Hall–Kier alpha value is -2.61. The Bertz CT molecular complexity index is 941. The second kappa shape index (κ2) is 5.48. The van der Waals surface area contributed by atoms with Crippen molar-refractivity contribution in [3.8, 4) is 0 Å². The number of nitrogens with zero attached hydrogens (tertiary/aromatic N) is 1. The van der Waals surface area contributed by atoms with E-state index >= 15 is 0 Å². The Morgan fingerprint density at radius 2 is 1.71 bits per heavy atom. The molecule has 2 aliphatic rings. The van der Waals surface area contributed by atoms with Gasteiger partial charge in [-0.2, -0.15) is 0 Å². The number of pyridine rings is 1. The monoisotopic (exact) mass is 312 g/mol. The molecular weight excluding hydrogens is 292 g/mol. The Balaban J connectivity index is 1.76. The Kier molecular flexibility index (Phi) is 3.15. The molecule has 2 heteroatoms. The summed E-state index contributed by atoms with van der Waals surface area (Å²) in [5.41, 5.74) is 7.19. The van der Waals surface area contributed by atoms with Crippen molar-refractivity contribution in [2.24, 2.45) is 0 Å². The summed E-state index contributed by atoms with van der Waals surface area (Å²) >= 11 is 0. The molecule has 5 rings (SSSR count). The predicted octanol–water partition coefficient (Wildman–Crippen LogP) is 5.73. The molecule has 2 heterocycles. The summed E-state index contributed by atoms with van der Waals surface area (Å²) in [6.45, 7) is 0. The van der Waals surface area contributed by atoms with Crippen LogP contribution in [0.3, 0.4) is 0 Å². The summed E-state index contributed by atoms with van der Waals surface area (Å²) in [7, 11) is 0. The molecule has 3 aromatic rings. The van der Waals surface area contributed by atoms with Crippen LogP contribution in [0.4, 0.5) is 5.69 Å². The molecule has 1 aromatic heterocycles. The minimum Gasteiger partial charge on any atom is -0.374 e. The number of aromatic nitrogens is 1. The summed E-state index contributed by atoms with van der Waals surface area (Å²) in [4.78, 5) is 4.19. The number of hydrogen-bond donors (Lipinski definition) is 1. The fourth-order valence-corrected chi connectivity index (χ4v) is 4.33. The van der Waals surface area contributed by atoms with Gasteiger partial charge >= 0.3 is 0 Å². The number of hydrogen-bond acceptors (Lipinski definition) is 2. The van der Waals surface area contributed by atoms with Crippen molar-refractivity contribution in [2.45, 2.75) is 31.7 Å². The van der Waals surface area contributed by atoms with Crippen molar-refractivity contribution in [1.82, 2.24) is 4.98 Å². The highest BCUT2D eigenvalue weighted by Gasteiger charge is 2.30. The summed E-state index contributed by atoms with van der Waals surface area (Å²) < 4.78 is 0. The van der Waals surface area contributed by atoms with Crippen LogP contribution in [0.25, 0.3) is 16.3 Å². The van der Waals surface area contributed by atoms with Gasteiger partial charge in [-0.25, -0.2) is 0 Å². The molecule has 0 radical (unpaired) electrons. The van der Waals surface area contributed by atoms with E-state index in [1.165, 1.54) is 53.3 Å². The molecule has 24 heavy (non-hydrogen) atoms. The van der Waals surface area contributed by atoms with Gasteiger partial charge in [0, 0.05) is 23.6 Å². The Morgan fingerprint density at radius 1 is 0.875 bits per heavy atom. The van der Waals surface area contributed by atoms with Crippen LogP contribution in [0.2, 0.25) is 0 Å². The van der Waals surface area contributed by atoms with Crippen molar-refractivity contribution in [3.63, 3.8) is 0 Å². The van der Waals surface area contributed by atoms with E-state index in [1.54, 1.807) is 11.1 Å². The van der Waals surface area contributed by atoms with Gasteiger partial charge < -0.3 is 5.32 Å². The standard InChI is InChI=1S/C22H20N2/c1-2-6-17-15(5-1)9-10-20-21(17)18-7-3-4-8-19(18)22(24-20)16-11-13-23-14-12-16/h1-2,5-6,9-14,22,24H,3-4,7-8H2. The van der Waals surface area contributed by atoms with Gasteiger partial charge in [0.15, 0.2) is 0 Å². The van der Waals surface area contributed by atoms with Gasteiger partial charge in [-0.15, -0.1) is 0 Å². The lowest BCUT2D eigenvalue weighted by Gasteiger charge is -2.36.